The van der Waals surface area contributed by atoms with E-state index in [1.54, 1.807) is 0 Å². The first-order chi connectivity index (χ1) is 48.5. The molecule has 11 nitrogen and oxygen atoms in total. The number of rotatable bonds is 0. The van der Waals surface area contributed by atoms with Crippen molar-refractivity contribution in [1.29, 1.82) is 0 Å². The van der Waals surface area contributed by atoms with Crippen molar-refractivity contribution in [2.75, 3.05) is 313 Å². The fourth-order valence-electron chi connectivity index (χ4n) is 0. The van der Waals surface area contributed by atoms with Crippen LogP contribution in [0, 0.1) is 0 Å². The fraction of sp³-hybridized carbons (Fsp3) is 0.866. The van der Waals surface area contributed by atoms with Crippen molar-refractivity contribution in [3.8, 4) is 0 Å². The SMILES string of the molecule is C=P(C)(C)C.C=P(C)(C)C.C=P(C)(C)C.C=P(C)(C)C.C=S(C)C.C=S(C)C.C=S(C)C.C=[As](C)(C)C.C=[As](C)(C)C.C=[As](C)(C)C.C=[As](C)(C)C.CN=P(C)(C)C.CN=P(C)(C)C.CN=P(C)(C)C.CN=P(C)(C)C.CN=S(C)C.CN=S(C)C.CN=S(C)C.CN=[As](C)(C)C.CN=[As](C)(C)C.CN=[As](C)(C)C.CN=[As](C)(C)C. The maximum atomic E-state index is 4.19. The average molecular weight is 2420 g/mol. The van der Waals surface area contributed by atoms with Gasteiger partial charge in [-0.2, -0.15) is 31.5 Å². The van der Waals surface area contributed by atoms with Crippen LogP contribution in [0.3, 0.4) is 0 Å². The van der Waals surface area contributed by atoms with Gasteiger partial charge >= 0.3 is 308 Å². The van der Waals surface area contributed by atoms with Crippen LogP contribution >= 0.6 is 87.2 Å². The summed E-state index contributed by atoms with van der Waals surface area (Å²) in [6, 6.07) is 0. The first kappa shape index (κ1) is 178. The Kier molecular flexibility index (Phi) is 154. The van der Waals surface area contributed by atoms with Gasteiger partial charge in [-0.25, -0.2) is 0 Å². The standard InChI is InChI=1S/4C4H12AsN.4C4H11As.4C4H12NP.4C4H11P.3C3H9NS.3C3H8S/c4*1-5(2,3)6-4;4*1-5(2,3)4;4*1-5-6(2,3)4;4*1-5(2,3)4;3*1-4-5(2)3;3*1-4(2)3/h4*1-4H3;4*1H2,2-4H3;4*1-4H3;4*1H2,2-4H3;3*1-3H3;3*1H2,2-3H3. The minimum absolute atomic E-state index is 0.302. The maximum absolute atomic E-state index is 4.19. The van der Waals surface area contributed by atoms with Crippen molar-refractivity contribution in [2.24, 2.45) is 47.5 Å². The zero-order chi connectivity index (χ0) is 101. The van der Waals surface area contributed by atoms with E-state index in [-0.39, 0.29) is 0 Å². The molecule has 0 aliphatic rings. The quantitative estimate of drug-likeness (QED) is 0.130. The van der Waals surface area contributed by atoms with Crippen LogP contribution < -0.4 is 0 Å². The van der Waals surface area contributed by atoms with Gasteiger partial charge in [0.2, 0.25) is 0 Å². The molecule has 0 fully saturated rings. The molecular formula is C82H235As8N11P8S6. The van der Waals surface area contributed by atoms with Crippen molar-refractivity contribution in [3.63, 3.8) is 0 Å². The van der Waals surface area contributed by atoms with Gasteiger partial charge in [-0.05, 0) is 263 Å². The van der Waals surface area contributed by atoms with Crippen LogP contribution in [0.4, 0.5) is 0 Å². The molecule has 0 radical (unpaired) electrons. The zero-order valence-corrected chi connectivity index (χ0v) is 120. The van der Waals surface area contributed by atoms with Crippen molar-refractivity contribution < 1.29 is 0 Å². The topological polar surface area (TPSA) is 136 Å². The summed E-state index contributed by atoms with van der Waals surface area (Å²) in [5, 5.41) is 15.8. The van der Waals surface area contributed by atoms with Gasteiger partial charge in [-0.15, -0.1) is 84.8 Å². The molecule has 0 aromatic carbocycles. The Hall–Kier alpha value is 6.38. The monoisotopic (exact) mass is 2410 g/mol. The van der Waals surface area contributed by atoms with Gasteiger partial charge in [0.25, 0.3) is 0 Å². The molecule has 0 spiro atoms. The number of hydrogen-bond donors (Lipinski definition) is 0. The van der Waals surface area contributed by atoms with Crippen LogP contribution in [0.1, 0.15) is 0 Å². The summed E-state index contributed by atoms with van der Waals surface area (Å²) in [7, 11) is 19.7. The molecule has 0 aromatic heterocycles. The first-order valence-electron chi connectivity index (χ1n) is 36.8. The summed E-state index contributed by atoms with van der Waals surface area (Å²) in [6.45, 7) is 49.9. The van der Waals surface area contributed by atoms with Gasteiger partial charge in [0.15, 0.2) is 0 Å². The van der Waals surface area contributed by atoms with Crippen LogP contribution in [0.2, 0.25) is 137 Å². The molecule has 0 aliphatic carbocycles. The minimum atomic E-state index is -1.28. The van der Waals surface area contributed by atoms with Crippen LogP contribution in [0.15, 0.2) is 47.5 Å². The zero-order valence-electron chi connectivity index (χ0n) is 93.3. The Labute approximate surface area is 776 Å². The summed E-state index contributed by atoms with van der Waals surface area (Å²) >= 11 is -9.64. The molecular weight excluding hydrogens is 2180 g/mol. The summed E-state index contributed by atoms with van der Waals surface area (Å²) in [4.78, 5) is 0. The van der Waals surface area contributed by atoms with E-state index in [9.17, 15) is 0 Å². The van der Waals surface area contributed by atoms with Gasteiger partial charge in [0.05, 0.1) is 0 Å². The number of nitrogens with zero attached hydrogens (tertiary/aromatic N) is 11. The summed E-state index contributed by atoms with van der Waals surface area (Å²) in [6.07, 6.45) is 40.5. The molecule has 0 saturated heterocycles. The second kappa shape index (κ2) is 99.4. The predicted octanol–water partition coefficient (Wildman–Crippen LogP) is 29.2. The van der Waals surface area contributed by atoms with Crippen LogP contribution in [0.25, 0.3) is 0 Å². The van der Waals surface area contributed by atoms with Gasteiger partial charge < -0.3 is 19.0 Å². The van der Waals surface area contributed by atoms with Crippen molar-refractivity contribution in [3.05, 3.63) is 0 Å². The predicted molar refractivity (Wildman–Crippen MR) is 670 cm³/mol. The number of hydrogen-bond acceptors (Lipinski definition) is 11. The molecule has 0 N–H and O–H groups in total. The fourth-order valence-corrected chi connectivity index (χ4v) is 0. The van der Waals surface area contributed by atoms with E-state index in [2.05, 4.69) is 484 Å². The second-order valence-corrected chi connectivity index (χ2v) is 163. The van der Waals surface area contributed by atoms with E-state index in [1.807, 2.05) is 77.5 Å². The normalized spacial score (nSPS) is 10.9. The molecule has 0 aromatic rings. The molecule has 115 heavy (non-hydrogen) atoms. The molecule has 0 atom stereocenters. The van der Waals surface area contributed by atoms with Crippen molar-refractivity contribution in [2.45, 2.75) is 137 Å². The molecule has 0 bridgehead atoms. The van der Waals surface area contributed by atoms with Crippen LogP contribution in [-0.2, 0) is 32.1 Å². The average Bonchev–Trinajstić information content (AvgIpc) is 1.05. The van der Waals surface area contributed by atoms with Crippen LogP contribution in [-0.4, -0.2) is 482 Å². The summed E-state index contributed by atoms with van der Waals surface area (Å²) in [5.41, 5.74) is 54.0. The Morgan fingerprint density at radius 2 is 0.217 bits per heavy atom. The summed E-state index contributed by atoms with van der Waals surface area (Å²) < 4.78 is 45.0. The Morgan fingerprint density at radius 3 is 0.217 bits per heavy atom. The van der Waals surface area contributed by atoms with Gasteiger partial charge in [-0.1, -0.05) is 17.6 Å². The molecule has 0 unspecified atom stereocenters. The third-order valence-corrected chi connectivity index (χ3v) is 23.0. The second-order valence-electron chi connectivity index (χ2n) is 41.3. The van der Waals surface area contributed by atoms with E-state index in [0.29, 0.717) is 63.5 Å². The molecule has 33 heteroatoms. The first-order valence-corrected chi connectivity index (χ1v) is 129. The van der Waals surface area contributed by atoms with Crippen molar-refractivity contribution in [1.82, 2.24) is 0 Å². The molecule has 0 aliphatic heterocycles. The van der Waals surface area contributed by atoms with Crippen molar-refractivity contribution >= 4 is 289 Å². The van der Waals surface area contributed by atoms with E-state index < -0.39 is 162 Å². The summed E-state index contributed by atoms with van der Waals surface area (Å²) in [5.74, 6) is 11.0. The van der Waals surface area contributed by atoms with E-state index >= 15 is 0 Å². The molecule has 0 amide bonds. The van der Waals surface area contributed by atoms with Crippen LogP contribution in [0.5, 0.6) is 0 Å². The van der Waals surface area contributed by atoms with E-state index in [0.717, 1.165) is 0 Å². The van der Waals surface area contributed by atoms with Gasteiger partial charge in [0, 0.05) is 49.3 Å². The Morgan fingerprint density at radius 1 is 0.191 bits per heavy atom. The molecule has 0 rings (SSSR count). The van der Waals surface area contributed by atoms with Gasteiger partial charge in [0.1, 0.15) is 0 Å². The third kappa shape index (κ3) is 1270. The Balaban J connectivity index is -0.0000000394. The molecule has 0 saturated carbocycles. The van der Waals surface area contributed by atoms with Gasteiger partial charge in [-0.3, -0.25) is 13.1 Å². The van der Waals surface area contributed by atoms with E-state index in [4.69, 9.17) is 0 Å². The molecule has 0 heterocycles. The molecule has 734 valence electrons. The van der Waals surface area contributed by atoms with E-state index in [1.165, 1.54) is 0 Å². The third-order valence-electron chi connectivity index (χ3n) is 5.90. The Bertz CT molecular complexity index is 2560.